The molecule has 6 aromatic rings. The Hall–Kier alpha value is -3.88. The van der Waals surface area contributed by atoms with Crippen molar-refractivity contribution in [2.75, 3.05) is 0 Å². The van der Waals surface area contributed by atoms with Crippen molar-refractivity contribution >= 4 is 33.5 Å². The van der Waals surface area contributed by atoms with E-state index in [1.165, 1.54) is 0 Å². The van der Waals surface area contributed by atoms with Gasteiger partial charge < -0.3 is 4.42 Å². The van der Waals surface area contributed by atoms with Crippen LogP contribution in [-0.2, 0) is 0 Å². The summed E-state index contributed by atoms with van der Waals surface area (Å²) in [5, 5.41) is 2.94. The van der Waals surface area contributed by atoms with Crippen molar-refractivity contribution in [2.45, 2.75) is 0 Å². The van der Waals surface area contributed by atoms with Gasteiger partial charge in [0.25, 0.3) is 0 Å². The molecule has 0 amide bonds. The van der Waals surface area contributed by atoms with Crippen LogP contribution in [0.2, 0.25) is 5.02 Å². The van der Waals surface area contributed by atoms with Crippen molar-refractivity contribution in [3.8, 4) is 33.5 Å². The Morgan fingerprint density at radius 1 is 0.562 bits per heavy atom. The molecule has 32 heavy (non-hydrogen) atoms. The van der Waals surface area contributed by atoms with Gasteiger partial charge in [-0.2, -0.15) is 0 Å². The van der Waals surface area contributed by atoms with E-state index in [0.717, 1.165) is 55.4 Å². The van der Waals surface area contributed by atoms with Crippen LogP contribution in [0.15, 0.2) is 114 Å². The minimum Gasteiger partial charge on any atom is -0.456 e. The Bertz CT molecular complexity index is 1580. The van der Waals surface area contributed by atoms with Crippen molar-refractivity contribution in [3.63, 3.8) is 0 Å². The number of para-hydroxylation sites is 1. The molecule has 0 N–H and O–H groups in total. The van der Waals surface area contributed by atoms with E-state index in [1.807, 2.05) is 66.9 Å². The summed E-state index contributed by atoms with van der Waals surface area (Å²) >= 11 is 6.58. The van der Waals surface area contributed by atoms with Crippen LogP contribution in [0.5, 0.6) is 0 Å². The quantitative estimate of drug-likeness (QED) is 0.280. The maximum Gasteiger partial charge on any atom is 0.136 e. The van der Waals surface area contributed by atoms with Crippen LogP contribution in [0.4, 0.5) is 0 Å². The smallest absolute Gasteiger partial charge is 0.136 e. The molecule has 0 aliphatic rings. The molecule has 3 heteroatoms. The lowest BCUT2D eigenvalue weighted by Crippen LogP contribution is -1.91. The number of furan rings is 1. The van der Waals surface area contributed by atoms with Gasteiger partial charge in [0.2, 0.25) is 0 Å². The van der Waals surface area contributed by atoms with Crippen molar-refractivity contribution in [1.29, 1.82) is 0 Å². The van der Waals surface area contributed by atoms with Crippen LogP contribution in [0.3, 0.4) is 0 Å². The van der Waals surface area contributed by atoms with Crippen LogP contribution in [0.1, 0.15) is 0 Å². The summed E-state index contributed by atoms with van der Waals surface area (Å²) < 4.78 is 6.16. The van der Waals surface area contributed by atoms with Gasteiger partial charge in [0, 0.05) is 38.7 Å². The van der Waals surface area contributed by atoms with E-state index in [9.17, 15) is 0 Å². The molecule has 0 saturated heterocycles. The molecule has 0 saturated carbocycles. The Labute approximate surface area is 190 Å². The number of rotatable bonds is 3. The first-order valence-electron chi connectivity index (χ1n) is 10.5. The predicted molar refractivity (Wildman–Crippen MR) is 133 cm³/mol. The minimum absolute atomic E-state index is 0.702. The third-order valence-electron chi connectivity index (χ3n) is 5.83. The monoisotopic (exact) mass is 431 g/mol. The van der Waals surface area contributed by atoms with Crippen molar-refractivity contribution in [3.05, 3.63) is 114 Å². The summed E-state index contributed by atoms with van der Waals surface area (Å²) in [6.45, 7) is 0. The summed E-state index contributed by atoms with van der Waals surface area (Å²) in [7, 11) is 0. The van der Waals surface area contributed by atoms with E-state index >= 15 is 0 Å². The van der Waals surface area contributed by atoms with E-state index in [2.05, 4.69) is 42.5 Å². The van der Waals surface area contributed by atoms with Gasteiger partial charge in [0.05, 0.1) is 5.69 Å². The molecule has 0 radical (unpaired) electrons. The van der Waals surface area contributed by atoms with Crippen LogP contribution < -0.4 is 0 Å². The van der Waals surface area contributed by atoms with Gasteiger partial charge in [0.1, 0.15) is 11.2 Å². The minimum atomic E-state index is 0.702. The zero-order valence-corrected chi connectivity index (χ0v) is 17.9. The molecule has 2 heterocycles. The topological polar surface area (TPSA) is 26.0 Å². The van der Waals surface area contributed by atoms with Crippen molar-refractivity contribution < 1.29 is 4.42 Å². The lowest BCUT2D eigenvalue weighted by Gasteiger charge is -2.13. The molecule has 0 spiro atoms. The second-order valence-corrected chi connectivity index (χ2v) is 8.18. The average molecular weight is 432 g/mol. The van der Waals surface area contributed by atoms with Crippen LogP contribution in [-0.4, -0.2) is 4.98 Å². The van der Waals surface area contributed by atoms with Gasteiger partial charge in [0.15, 0.2) is 0 Å². The number of pyridine rings is 1. The van der Waals surface area contributed by atoms with E-state index < -0.39 is 0 Å². The van der Waals surface area contributed by atoms with Crippen molar-refractivity contribution in [2.24, 2.45) is 0 Å². The largest absolute Gasteiger partial charge is 0.456 e. The lowest BCUT2D eigenvalue weighted by atomic mass is 9.94. The molecule has 0 aliphatic heterocycles. The maximum atomic E-state index is 6.58. The second-order valence-electron chi connectivity index (χ2n) is 7.77. The second kappa shape index (κ2) is 7.67. The molecule has 0 bridgehead atoms. The number of fused-ring (bicyclic) bond motifs is 3. The Morgan fingerprint density at radius 3 is 2.19 bits per heavy atom. The molecular formula is C29H18ClNO. The molecule has 6 rings (SSSR count). The molecule has 0 atom stereocenters. The van der Waals surface area contributed by atoms with Crippen LogP contribution in [0.25, 0.3) is 55.4 Å². The summed E-state index contributed by atoms with van der Waals surface area (Å²) in [6, 6.07) is 34.8. The molecule has 4 aromatic carbocycles. The van der Waals surface area contributed by atoms with E-state index in [4.69, 9.17) is 21.0 Å². The maximum absolute atomic E-state index is 6.58. The number of halogens is 1. The zero-order valence-electron chi connectivity index (χ0n) is 17.1. The fraction of sp³-hybridized carbons (Fsp3) is 0. The van der Waals surface area contributed by atoms with E-state index in [0.29, 0.717) is 5.02 Å². The molecule has 2 aromatic heterocycles. The number of nitrogens with zero attached hydrogens (tertiary/aromatic N) is 1. The third kappa shape index (κ3) is 3.17. The zero-order chi connectivity index (χ0) is 21.5. The Balaban J connectivity index is 1.60. The Morgan fingerprint density at radius 2 is 1.31 bits per heavy atom. The van der Waals surface area contributed by atoms with Crippen molar-refractivity contribution in [1.82, 2.24) is 4.98 Å². The summed E-state index contributed by atoms with van der Waals surface area (Å²) in [5.41, 5.74) is 7.83. The average Bonchev–Trinajstić information content (AvgIpc) is 3.22. The molecule has 0 unspecified atom stereocenters. The highest BCUT2D eigenvalue weighted by Gasteiger charge is 2.15. The van der Waals surface area contributed by atoms with Gasteiger partial charge in [-0.15, -0.1) is 0 Å². The van der Waals surface area contributed by atoms with Gasteiger partial charge in [-0.25, -0.2) is 0 Å². The number of hydrogen-bond acceptors (Lipinski definition) is 2. The highest BCUT2D eigenvalue weighted by atomic mass is 35.5. The molecular weight excluding hydrogens is 414 g/mol. The first-order valence-corrected chi connectivity index (χ1v) is 10.9. The van der Waals surface area contributed by atoms with Gasteiger partial charge in [-0.3, -0.25) is 4.98 Å². The summed E-state index contributed by atoms with van der Waals surface area (Å²) in [5.74, 6) is 0. The highest BCUT2D eigenvalue weighted by molar-refractivity contribution is 6.33. The van der Waals surface area contributed by atoms with Gasteiger partial charge in [-0.05, 0) is 41.5 Å². The lowest BCUT2D eigenvalue weighted by molar-refractivity contribution is 0.669. The highest BCUT2D eigenvalue weighted by Crippen LogP contribution is 2.39. The molecule has 0 fully saturated rings. The Kier molecular flexibility index (Phi) is 4.52. The first kappa shape index (κ1) is 18.9. The predicted octanol–water partition coefficient (Wildman–Crippen LogP) is 8.64. The van der Waals surface area contributed by atoms with Crippen LogP contribution in [0, 0.1) is 0 Å². The first-order chi connectivity index (χ1) is 15.8. The normalized spacial score (nSPS) is 11.3. The number of aromatic nitrogens is 1. The summed E-state index contributed by atoms with van der Waals surface area (Å²) in [6.07, 6.45) is 1.92. The fourth-order valence-electron chi connectivity index (χ4n) is 4.25. The van der Waals surface area contributed by atoms with E-state index in [1.54, 1.807) is 0 Å². The number of benzene rings is 4. The van der Waals surface area contributed by atoms with Crippen LogP contribution >= 0.6 is 11.6 Å². The summed E-state index contributed by atoms with van der Waals surface area (Å²) in [4.78, 5) is 4.77. The molecule has 2 nitrogen and oxygen atoms in total. The van der Waals surface area contributed by atoms with E-state index in [-0.39, 0.29) is 0 Å². The van der Waals surface area contributed by atoms with Gasteiger partial charge >= 0.3 is 0 Å². The third-order valence-corrected chi connectivity index (χ3v) is 6.16. The SMILES string of the molecule is Clc1ccccc1-c1cnc(-c2ccccc2)cc1-c1ccc2c(c1)oc1ccccc12. The van der Waals surface area contributed by atoms with Gasteiger partial charge in [-0.1, -0.05) is 84.4 Å². The molecule has 0 aliphatic carbocycles. The standard InChI is InChI=1S/C29H18ClNO/c30-26-12-6-4-10-21(26)25-18-31-27(19-8-2-1-3-9-19)17-24(25)20-14-15-23-22-11-5-7-13-28(22)32-29(23)16-20/h1-18H. The molecule has 152 valence electrons. The fourth-order valence-corrected chi connectivity index (χ4v) is 4.49. The number of hydrogen-bond donors (Lipinski definition) is 0.